The number of nitrogens with one attached hydrogen (secondary N) is 1. The van der Waals surface area contributed by atoms with Crippen LogP contribution in [0, 0.1) is 0 Å². The Kier molecular flexibility index (Phi) is 9.72. The van der Waals surface area contributed by atoms with Crippen molar-refractivity contribution in [3.63, 3.8) is 0 Å². The van der Waals surface area contributed by atoms with E-state index < -0.39 is 11.9 Å². The molecule has 0 aromatic heterocycles. The van der Waals surface area contributed by atoms with Crippen LogP contribution in [-0.4, -0.2) is 35.8 Å². The summed E-state index contributed by atoms with van der Waals surface area (Å²) in [5, 5.41) is 19.0. The van der Waals surface area contributed by atoms with Gasteiger partial charge in [0, 0.05) is 11.6 Å². The van der Waals surface area contributed by atoms with Crippen molar-refractivity contribution < 1.29 is 24.5 Å². The van der Waals surface area contributed by atoms with Crippen LogP contribution in [0.4, 0.5) is 0 Å². The molecule has 0 heterocycles. The molecule has 0 aliphatic rings. The number of hydrogen-bond acceptors (Lipinski definition) is 4. The van der Waals surface area contributed by atoms with Crippen LogP contribution in [0.1, 0.15) is 11.1 Å². The summed E-state index contributed by atoms with van der Waals surface area (Å²) in [7, 11) is 1.67. The number of aliphatic carboxylic acids is 2. The summed E-state index contributed by atoms with van der Waals surface area (Å²) >= 11 is 9.36. The zero-order chi connectivity index (χ0) is 19.5. The highest BCUT2D eigenvalue weighted by Gasteiger charge is 2.04. The molecule has 0 aliphatic heterocycles. The molecule has 8 heteroatoms. The summed E-state index contributed by atoms with van der Waals surface area (Å²) in [6.45, 7) is 1.78. The Morgan fingerprint density at radius 3 is 2.15 bits per heavy atom. The van der Waals surface area contributed by atoms with E-state index in [2.05, 4.69) is 45.5 Å². The first-order valence-corrected chi connectivity index (χ1v) is 8.74. The molecular weight excluding hydrogens is 426 g/mol. The zero-order valence-corrected chi connectivity index (χ0v) is 16.4. The van der Waals surface area contributed by atoms with E-state index >= 15 is 0 Å². The van der Waals surface area contributed by atoms with Crippen molar-refractivity contribution in [2.45, 2.75) is 13.0 Å². The van der Waals surface area contributed by atoms with Gasteiger partial charge in [-0.25, -0.2) is 9.59 Å². The first kappa shape index (κ1) is 22.0. The largest absolute Gasteiger partial charge is 0.496 e. The van der Waals surface area contributed by atoms with Gasteiger partial charge < -0.3 is 20.3 Å². The Balaban J connectivity index is 0.000000487. The van der Waals surface area contributed by atoms with E-state index in [1.165, 1.54) is 11.1 Å². The van der Waals surface area contributed by atoms with Gasteiger partial charge in [-0.05, 0) is 64.3 Å². The molecule has 0 saturated heterocycles. The molecule has 0 fully saturated rings. The predicted molar refractivity (Wildman–Crippen MR) is 103 cm³/mol. The second-order valence-corrected chi connectivity index (χ2v) is 6.42. The molecule has 0 aliphatic carbocycles. The number of ether oxygens (including phenoxy) is 1. The lowest BCUT2D eigenvalue weighted by molar-refractivity contribution is -0.159. The van der Waals surface area contributed by atoms with E-state index in [1.807, 2.05) is 18.2 Å². The average Bonchev–Trinajstić information content (AvgIpc) is 2.61. The Hall–Kier alpha value is -2.09. The highest BCUT2D eigenvalue weighted by atomic mass is 79.9. The van der Waals surface area contributed by atoms with E-state index in [0.717, 1.165) is 34.8 Å². The van der Waals surface area contributed by atoms with E-state index in [9.17, 15) is 0 Å². The van der Waals surface area contributed by atoms with Crippen LogP contribution in [-0.2, 0) is 22.6 Å². The smallest absolute Gasteiger partial charge is 0.414 e. The summed E-state index contributed by atoms with van der Waals surface area (Å²) in [5.41, 5.74) is 2.52. The molecule has 2 aromatic rings. The van der Waals surface area contributed by atoms with Crippen molar-refractivity contribution in [3.8, 4) is 5.75 Å². The third kappa shape index (κ3) is 8.33. The number of benzene rings is 2. The lowest BCUT2D eigenvalue weighted by atomic mass is 10.1. The fourth-order valence-electron chi connectivity index (χ4n) is 1.94. The molecular formula is C18H19BrClNO5. The first-order chi connectivity index (χ1) is 12.3. The highest BCUT2D eigenvalue weighted by molar-refractivity contribution is 9.10. The first-order valence-electron chi connectivity index (χ1n) is 7.57. The number of rotatable bonds is 6. The van der Waals surface area contributed by atoms with Crippen molar-refractivity contribution in [2.24, 2.45) is 0 Å². The maximum atomic E-state index is 9.10. The van der Waals surface area contributed by atoms with Gasteiger partial charge in [-0.3, -0.25) is 0 Å². The number of carbonyl (C=O) groups is 2. The molecule has 0 saturated carbocycles. The van der Waals surface area contributed by atoms with Gasteiger partial charge in [-0.2, -0.15) is 0 Å². The number of hydrogen-bond donors (Lipinski definition) is 3. The number of carboxylic acids is 2. The fourth-order valence-corrected chi connectivity index (χ4v) is 2.65. The minimum atomic E-state index is -1.82. The summed E-state index contributed by atoms with van der Waals surface area (Å²) in [6.07, 6.45) is 0.995. The van der Waals surface area contributed by atoms with E-state index in [1.54, 1.807) is 7.11 Å². The number of carboxylic acid groups (broad SMARTS) is 2. The molecule has 6 nitrogen and oxygen atoms in total. The van der Waals surface area contributed by atoms with Crippen LogP contribution in [0.25, 0.3) is 0 Å². The third-order valence-corrected chi connectivity index (χ3v) is 4.10. The number of methoxy groups -OCH3 is 1. The van der Waals surface area contributed by atoms with Crippen molar-refractivity contribution in [1.29, 1.82) is 0 Å². The lowest BCUT2D eigenvalue weighted by Gasteiger charge is -2.08. The van der Waals surface area contributed by atoms with Crippen LogP contribution in [0.15, 0.2) is 46.9 Å². The second-order valence-electron chi connectivity index (χ2n) is 5.13. The van der Waals surface area contributed by atoms with Gasteiger partial charge in [0.2, 0.25) is 0 Å². The van der Waals surface area contributed by atoms with Gasteiger partial charge in [0.1, 0.15) is 5.75 Å². The third-order valence-electron chi connectivity index (χ3n) is 3.23. The van der Waals surface area contributed by atoms with Gasteiger partial charge >= 0.3 is 11.9 Å². The number of halogens is 2. The Morgan fingerprint density at radius 2 is 1.65 bits per heavy atom. The van der Waals surface area contributed by atoms with Crippen molar-refractivity contribution in [3.05, 3.63) is 63.1 Å². The fraction of sp³-hybridized carbons (Fsp3) is 0.222. The van der Waals surface area contributed by atoms with Crippen LogP contribution in [0.2, 0.25) is 5.02 Å². The van der Waals surface area contributed by atoms with Gasteiger partial charge in [-0.1, -0.05) is 29.8 Å². The molecule has 0 bridgehead atoms. The van der Waals surface area contributed by atoms with Gasteiger partial charge in [0.25, 0.3) is 0 Å². The molecule has 2 rings (SSSR count). The van der Waals surface area contributed by atoms with Gasteiger partial charge in [-0.15, -0.1) is 0 Å². The Morgan fingerprint density at radius 1 is 1.08 bits per heavy atom. The molecule has 140 valence electrons. The Labute approximate surface area is 164 Å². The second kappa shape index (κ2) is 11.5. The van der Waals surface area contributed by atoms with Crippen LogP contribution >= 0.6 is 27.5 Å². The normalized spacial score (nSPS) is 9.81. The quantitative estimate of drug-likeness (QED) is 0.465. The topological polar surface area (TPSA) is 95.9 Å². The highest BCUT2D eigenvalue weighted by Crippen LogP contribution is 2.25. The minimum Gasteiger partial charge on any atom is -0.496 e. The average molecular weight is 445 g/mol. The SMILES string of the molecule is COc1ccc(CNCCc2ccc(Cl)cc2)cc1Br.O=C(O)C(=O)O. The van der Waals surface area contributed by atoms with E-state index in [-0.39, 0.29) is 0 Å². The van der Waals surface area contributed by atoms with Gasteiger partial charge in [0.15, 0.2) is 0 Å². The van der Waals surface area contributed by atoms with Crippen LogP contribution < -0.4 is 10.1 Å². The van der Waals surface area contributed by atoms with Crippen LogP contribution in [0.3, 0.4) is 0 Å². The monoisotopic (exact) mass is 443 g/mol. The maximum absolute atomic E-state index is 9.10. The summed E-state index contributed by atoms with van der Waals surface area (Å²) in [6, 6.07) is 14.1. The van der Waals surface area contributed by atoms with Crippen LogP contribution in [0.5, 0.6) is 5.75 Å². The summed E-state index contributed by atoms with van der Waals surface area (Å²) in [4.78, 5) is 18.2. The summed E-state index contributed by atoms with van der Waals surface area (Å²) in [5.74, 6) is -2.79. The van der Waals surface area contributed by atoms with Gasteiger partial charge in [0.05, 0.1) is 11.6 Å². The van der Waals surface area contributed by atoms with Crippen molar-refractivity contribution in [2.75, 3.05) is 13.7 Å². The molecule has 0 radical (unpaired) electrons. The molecule has 0 unspecified atom stereocenters. The maximum Gasteiger partial charge on any atom is 0.414 e. The standard InChI is InChI=1S/C16H17BrClNO.C2H2O4/c1-20-16-7-4-13(10-15(16)17)11-19-9-8-12-2-5-14(18)6-3-12;3-1(4)2(5)6/h2-7,10,19H,8-9,11H2,1H3;(H,3,4)(H,5,6). The van der Waals surface area contributed by atoms with Crippen molar-refractivity contribution in [1.82, 2.24) is 5.32 Å². The Bertz CT molecular complexity index is 725. The molecule has 2 aromatic carbocycles. The van der Waals surface area contributed by atoms with E-state index in [4.69, 9.17) is 36.1 Å². The molecule has 0 amide bonds. The molecule has 3 N–H and O–H groups in total. The molecule has 0 spiro atoms. The van der Waals surface area contributed by atoms with Crippen molar-refractivity contribution >= 4 is 39.5 Å². The lowest BCUT2D eigenvalue weighted by Crippen LogP contribution is -2.16. The molecule has 0 atom stereocenters. The summed E-state index contributed by atoms with van der Waals surface area (Å²) < 4.78 is 6.20. The zero-order valence-electron chi connectivity index (χ0n) is 14.0. The molecule has 26 heavy (non-hydrogen) atoms. The minimum absolute atomic E-state index is 0.782. The predicted octanol–water partition coefficient (Wildman–Crippen LogP) is 3.60. The van der Waals surface area contributed by atoms with E-state index in [0.29, 0.717) is 0 Å².